The largest absolute Gasteiger partial charge is 0.382 e. The van der Waals surface area contributed by atoms with Gasteiger partial charge >= 0.3 is 10.1 Å². The molecule has 2 bridgehead atoms. The Morgan fingerprint density at radius 2 is 2.00 bits per heavy atom. The summed E-state index contributed by atoms with van der Waals surface area (Å²) in [5.41, 5.74) is -0.105. The van der Waals surface area contributed by atoms with E-state index in [0.29, 0.717) is 18.6 Å². The molecular weight excluding hydrogens is 350 g/mol. The third kappa shape index (κ3) is 3.07. The van der Waals surface area contributed by atoms with E-state index < -0.39 is 15.5 Å². The second kappa shape index (κ2) is 6.34. The molecular formula is C20H29NO4S. The summed E-state index contributed by atoms with van der Waals surface area (Å²) in [6, 6.07) is 7.31. The summed E-state index contributed by atoms with van der Waals surface area (Å²) in [5.74, 6) is 0.455. The highest BCUT2D eigenvalue weighted by Gasteiger charge is 2.65. The normalized spacial score (nSPS) is 28.5. The van der Waals surface area contributed by atoms with Crippen molar-refractivity contribution in [3.8, 4) is 5.75 Å². The van der Waals surface area contributed by atoms with E-state index in [4.69, 9.17) is 4.18 Å². The molecule has 5 nitrogen and oxygen atoms in total. The van der Waals surface area contributed by atoms with E-state index in [9.17, 15) is 13.2 Å². The average Bonchev–Trinajstić information content (AvgIpc) is 2.87. The van der Waals surface area contributed by atoms with Crippen LogP contribution >= 0.6 is 0 Å². The lowest BCUT2D eigenvalue weighted by Crippen LogP contribution is -2.43. The number of rotatable bonds is 6. The number of carbonyl (C=O) groups is 1. The van der Waals surface area contributed by atoms with Gasteiger partial charge in [0.2, 0.25) is 0 Å². The number of benzene rings is 1. The van der Waals surface area contributed by atoms with Crippen LogP contribution in [0.15, 0.2) is 24.3 Å². The highest BCUT2D eigenvalue weighted by Crippen LogP contribution is 2.64. The summed E-state index contributed by atoms with van der Waals surface area (Å²) in [6.07, 6.45) is 2.06. The first-order valence-electron chi connectivity index (χ1n) is 9.20. The first kappa shape index (κ1) is 19.4. The average molecular weight is 380 g/mol. The van der Waals surface area contributed by atoms with Gasteiger partial charge in [-0.2, -0.15) is 8.42 Å². The molecule has 0 aliphatic heterocycles. The third-order valence-corrected chi connectivity index (χ3v) is 8.19. The first-order valence-corrected chi connectivity index (χ1v) is 10.8. The molecule has 0 saturated heterocycles. The zero-order chi connectivity index (χ0) is 19.3. The minimum Gasteiger partial charge on any atom is -0.382 e. The molecule has 2 aliphatic carbocycles. The van der Waals surface area contributed by atoms with Gasteiger partial charge < -0.3 is 9.08 Å². The molecule has 6 heteroatoms. The van der Waals surface area contributed by atoms with Gasteiger partial charge in [-0.25, -0.2) is 0 Å². The van der Waals surface area contributed by atoms with E-state index >= 15 is 0 Å². The Balaban J connectivity index is 1.82. The predicted molar refractivity (Wildman–Crippen MR) is 102 cm³/mol. The number of hydrogen-bond donors (Lipinski definition) is 0. The van der Waals surface area contributed by atoms with E-state index in [1.165, 1.54) is 0 Å². The van der Waals surface area contributed by atoms with Crippen molar-refractivity contribution in [2.75, 3.05) is 19.8 Å². The summed E-state index contributed by atoms with van der Waals surface area (Å²) >= 11 is 0. The van der Waals surface area contributed by atoms with Crippen molar-refractivity contribution in [3.63, 3.8) is 0 Å². The van der Waals surface area contributed by atoms with Crippen LogP contribution in [0.4, 0.5) is 0 Å². The predicted octanol–water partition coefficient (Wildman–Crippen LogP) is 3.41. The van der Waals surface area contributed by atoms with Gasteiger partial charge in [0.15, 0.2) is 0 Å². The maximum absolute atomic E-state index is 12.8. The second-order valence-electron chi connectivity index (χ2n) is 8.66. The van der Waals surface area contributed by atoms with Gasteiger partial charge in [0.05, 0.1) is 11.2 Å². The minimum absolute atomic E-state index is 0.0842. The van der Waals surface area contributed by atoms with Gasteiger partial charge in [0, 0.05) is 12.5 Å². The van der Waals surface area contributed by atoms with Crippen molar-refractivity contribution in [3.05, 3.63) is 29.8 Å². The first-order chi connectivity index (χ1) is 12.0. The maximum Gasteiger partial charge on any atom is 0.310 e. The quantitative estimate of drug-likeness (QED) is 0.709. The lowest BCUT2D eigenvalue weighted by molar-refractivity contribution is -0.128. The zero-order valence-corrected chi connectivity index (χ0v) is 17.1. The molecule has 1 aromatic carbocycles. The second-order valence-corrected chi connectivity index (χ2v) is 10.2. The van der Waals surface area contributed by atoms with Crippen LogP contribution in [0.25, 0.3) is 0 Å². The number of carbonyl (C=O) groups excluding carboxylic acids is 1. The zero-order valence-electron chi connectivity index (χ0n) is 16.3. The van der Waals surface area contributed by atoms with Crippen LogP contribution in [0.2, 0.25) is 0 Å². The van der Waals surface area contributed by atoms with E-state index in [0.717, 1.165) is 12.0 Å². The fourth-order valence-electron chi connectivity index (χ4n) is 4.71. The Bertz CT molecular complexity index is 815. The van der Waals surface area contributed by atoms with Gasteiger partial charge in [0.25, 0.3) is 0 Å². The smallest absolute Gasteiger partial charge is 0.310 e. The Labute approximate surface area is 156 Å². The standard InChI is InChI=1S/C20H29NO4S/c1-14(21(4)5)15-7-6-8-17(11-15)25-26(23,24)13-20-10-9-16(12-18(20)22)19(20,2)3/h6-8,11,14,16H,9-10,12-13H2,1-5H3/t14-,16?,20?/m0/s1. The number of nitrogens with zero attached hydrogens (tertiary/aromatic N) is 1. The molecule has 0 spiro atoms. The van der Waals surface area contributed by atoms with Crippen LogP contribution in [0, 0.1) is 16.7 Å². The summed E-state index contributed by atoms with van der Waals surface area (Å²) in [4.78, 5) is 14.6. The van der Waals surface area contributed by atoms with Crippen molar-refractivity contribution in [1.29, 1.82) is 0 Å². The van der Waals surface area contributed by atoms with Crippen LogP contribution in [0.1, 0.15) is 51.6 Å². The molecule has 3 rings (SSSR count). The minimum atomic E-state index is -3.86. The highest BCUT2D eigenvalue weighted by atomic mass is 32.2. The summed E-state index contributed by atoms with van der Waals surface area (Å²) in [5, 5.41) is 0. The SMILES string of the molecule is C[C@@H](c1cccc(OS(=O)(=O)CC23CCC(CC2=O)C3(C)C)c1)N(C)C. The van der Waals surface area contributed by atoms with E-state index in [2.05, 4.69) is 0 Å². The Hall–Kier alpha value is -1.40. The lowest BCUT2D eigenvalue weighted by atomic mass is 9.70. The number of ketones is 1. The fraction of sp³-hybridized carbons (Fsp3) is 0.650. The molecule has 2 fully saturated rings. The number of fused-ring (bicyclic) bond motifs is 2. The van der Waals surface area contributed by atoms with Crippen LogP contribution in [-0.4, -0.2) is 38.9 Å². The fourth-order valence-corrected chi connectivity index (χ4v) is 6.45. The van der Waals surface area contributed by atoms with Crippen LogP contribution < -0.4 is 4.18 Å². The van der Waals surface area contributed by atoms with Crippen LogP contribution in [0.3, 0.4) is 0 Å². The Kier molecular flexibility index (Phi) is 4.72. The molecule has 1 aromatic rings. The molecule has 0 radical (unpaired) electrons. The van der Waals surface area contributed by atoms with Gasteiger partial charge in [-0.15, -0.1) is 0 Å². The van der Waals surface area contributed by atoms with E-state index in [1.807, 2.05) is 45.8 Å². The number of hydrogen-bond acceptors (Lipinski definition) is 5. The van der Waals surface area contributed by atoms with E-state index in [-0.39, 0.29) is 28.9 Å². The van der Waals surface area contributed by atoms with Crippen molar-refractivity contribution in [2.24, 2.45) is 16.7 Å². The third-order valence-electron chi connectivity index (χ3n) is 6.90. The highest BCUT2D eigenvalue weighted by molar-refractivity contribution is 7.87. The van der Waals surface area contributed by atoms with Crippen molar-refractivity contribution in [1.82, 2.24) is 4.90 Å². The van der Waals surface area contributed by atoms with Crippen molar-refractivity contribution in [2.45, 2.75) is 46.1 Å². The molecule has 3 atom stereocenters. The summed E-state index contributed by atoms with van der Waals surface area (Å²) in [6.45, 7) is 6.11. The Morgan fingerprint density at radius 3 is 2.54 bits per heavy atom. The molecule has 0 amide bonds. The van der Waals surface area contributed by atoms with E-state index in [1.54, 1.807) is 18.2 Å². The molecule has 26 heavy (non-hydrogen) atoms. The topological polar surface area (TPSA) is 63.7 Å². The molecule has 2 unspecified atom stereocenters. The molecule has 144 valence electrons. The number of Topliss-reactive ketones (excluding diaryl/α,β-unsaturated/α-hetero) is 1. The van der Waals surface area contributed by atoms with Gasteiger partial charge in [-0.05, 0) is 62.9 Å². The summed E-state index contributed by atoms with van der Waals surface area (Å²) < 4.78 is 31.0. The Morgan fingerprint density at radius 1 is 1.31 bits per heavy atom. The molecule has 0 heterocycles. The van der Waals surface area contributed by atoms with Crippen molar-refractivity contribution < 1.29 is 17.4 Å². The monoisotopic (exact) mass is 379 g/mol. The lowest BCUT2D eigenvalue weighted by Gasteiger charge is -2.35. The molecule has 0 N–H and O–H groups in total. The van der Waals surface area contributed by atoms with Crippen LogP contribution in [-0.2, 0) is 14.9 Å². The molecule has 2 saturated carbocycles. The molecule has 2 aliphatic rings. The maximum atomic E-state index is 12.8. The summed E-state index contributed by atoms with van der Waals surface area (Å²) in [7, 11) is 0.0782. The van der Waals surface area contributed by atoms with Gasteiger partial charge in [0.1, 0.15) is 11.5 Å². The van der Waals surface area contributed by atoms with Gasteiger partial charge in [-0.1, -0.05) is 26.0 Å². The van der Waals surface area contributed by atoms with Crippen LogP contribution in [0.5, 0.6) is 5.75 Å². The molecule has 0 aromatic heterocycles. The van der Waals surface area contributed by atoms with Crippen molar-refractivity contribution >= 4 is 15.9 Å². The van der Waals surface area contributed by atoms with Gasteiger partial charge in [-0.3, -0.25) is 4.79 Å².